The summed E-state index contributed by atoms with van der Waals surface area (Å²) >= 11 is 0. The molecular weight excluding hydrogens is 210 g/mol. The first-order chi connectivity index (χ1) is 8.42. The summed E-state index contributed by atoms with van der Waals surface area (Å²) in [6.07, 6.45) is 7.13. The van der Waals surface area contributed by atoms with E-state index in [1.807, 2.05) is 0 Å². The summed E-state index contributed by atoms with van der Waals surface area (Å²) in [5, 5.41) is 3.31. The maximum absolute atomic E-state index is 5.87. The van der Waals surface area contributed by atoms with E-state index in [-0.39, 0.29) is 0 Å². The lowest BCUT2D eigenvalue weighted by atomic mass is 10.1. The van der Waals surface area contributed by atoms with Gasteiger partial charge in [0, 0.05) is 6.54 Å². The number of rotatable bonds is 3. The Kier molecular flexibility index (Phi) is 3.14. The van der Waals surface area contributed by atoms with E-state index in [2.05, 4.69) is 29.6 Å². The van der Waals surface area contributed by atoms with Crippen LogP contribution in [-0.4, -0.2) is 19.7 Å². The van der Waals surface area contributed by atoms with Gasteiger partial charge in [-0.15, -0.1) is 0 Å². The van der Waals surface area contributed by atoms with Crippen molar-refractivity contribution in [2.75, 3.05) is 19.7 Å². The third kappa shape index (κ3) is 2.52. The van der Waals surface area contributed by atoms with Gasteiger partial charge in [0.25, 0.3) is 0 Å². The number of aryl methyl sites for hydroxylation is 2. The smallest absolute Gasteiger partial charge is 0.120 e. The SMILES string of the molecule is C1=C(COc2ccc3c(c2)CCC3)CCNC1. The molecule has 3 rings (SSSR count). The van der Waals surface area contributed by atoms with Crippen molar-refractivity contribution in [1.82, 2.24) is 5.32 Å². The third-order valence-corrected chi connectivity index (χ3v) is 3.65. The Morgan fingerprint density at radius 2 is 2.06 bits per heavy atom. The molecule has 17 heavy (non-hydrogen) atoms. The molecule has 1 aliphatic heterocycles. The highest BCUT2D eigenvalue weighted by atomic mass is 16.5. The largest absolute Gasteiger partial charge is 0.489 e. The van der Waals surface area contributed by atoms with Crippen LogP contribution in [0.3, 0.4) is 0 Å². The Morgan fingerprint density at radius 1 is 1.12 bits per heavy atom. The molecule has 0 saturated carbocycles. The molecule has 0 atom stereocenters. The first kappa shape index (κ1) is 10.8. The fourth-order valence-electron chi connectivity index (χ4n) is 2.61. The second-order valence-corrected chi connectivity index (χ2v) is 4.89. The normalized spacial score (nSPS) is 18.7. The molecule has 0 spiro atoms. The zero-order valence-corrected chi connectivity index (χ0v) is 10.2. The molecule has 0 bridgehead atoms. The standard InChI is InChI=1S/C15H19NO/c1-2-13-4-5-15(10-14(13)3-1)17-11-12-6-8-16-9-7-12/h4-6,10,16H,1-3,7-9,11H2. The maximum atomic E-state index is 5.87. The minimum atomic E-state index is 0.750. The minimum Gasteiger partial charge on any atom is -0.489 e. The summed E-state index contributed by atoms with van der Waals surface area (Å²) in [5.74, 6) is 1.03. The maximum Gasteiger partial charge on any atom is 0.120 e. The van der Waals surface area contributed by atoms with Gasteiger partial charge in [0.1, 0.15) is 12.4 Å². The molecule has 1 heterocycles. The van der Waals surface area contributed by atoms with Gasteiger partial charge in [0.05, 0.1) is 0 Å². The van der Waals surface area contributed by atoms with Crippen LogP contribution in [0.2, 0.25) is 0 Å². The average Bonchev–Trinajstić information content (AvgIpc) is 2.85. The van der Waals surface area contributed by atoms with Crippen molar-refractivity contribution in [1.29, 1.82) is 0 Å². The van der Waals surface area contributed by atoms with Crippen molar-refractivity contribution in [2.24, 2.45) is 0 Å². The van der Waals surface area contributed by atoms with E-state index in [4.69, 9.17) is 4.74 Å². The van der Waals surface area contributed by atoms with Crippen LogP contribution in [0.1, 0.15) is 24.0 Å². The summed E-state index contributed by atoms with van der Waals surface area (Å²) in [6, 6.07) is 6.57. The Bertz CT molecular complexity index is 437. The van der Waals surface area contributed by atoms with Crippen LogP contribution in [0.4, 0.5) is 0 Å². The monoisotopic (exact) mass is 229 g/mol. The van der Waals surface area contributed by atoms with Crippen LogP contribution in [0, 0.1) is 0 Å². The van der Waals surface area contributed by atoms with Gasteiger partial charge >= 0.3 is 0 Å². The summed E-state index contributed by atoms with van der Waals surface area (Å²) in [6.45, 7) is 2.82. The molecule has 90 valence electrons. The molecule has 1 N–H and O–H groups in total. The molecule has 0 radical (unpaired) electrons. The van der Waals surface area contributed by atoms with Crippen LogP contribution in [0.5, 0.6) is 5.75 Å². The van der Waals surface area contributed by atoms with Gasteiger partial charge < -0.3 is 10.1 Å². The van der Waals surface area contributed by atoms with Gasteiger partial charge in [-0.25, -0.2) is 0 Å². The number of benzene rings is 1. The molecule has 2 aliphatic rings. The Balaban J connectivity index is 1.63. The Hall–Kier alpha value is -1.28. The molecule has 1 aliphatic carbocycles. The molecular formula is C15H19NO. The molecule has 0 fully saturated rings. The fraction of sp³-hybridized carbons (Fsp3) is 0.467. The zero-order chi connectivity index (χ0) is 11.5. The third-order valence-electron chi connectivity index (χ3n) is 3.65. The van der Waals surface area contributed by atoms with Crippen molar-refractivity contribution >= 4 is 0 Å². The van der Waals surface area contributed by atoms with Gasteiger partial charge in [0.2, 0.25) is 0 Å². The number of fused-ring (bicyclic) bond motifs is 1. The van der Waals surface area contributed by atoms with E-state index in [0.717, 1.165) is 31.9 Å². The first-order valence-corrected chi connectivity index (χ1v) is 6.55. The molecule has 2 heteroatoms. The Morgan fingerprint density at radius 3 is 2.94 bits per heavy atom. The van der Waals surface area contributed by atoms with Gasteiger partial charge in [-0.2, -0.15) is 0 Å². The zero-order valence-electron chi connectivity index (χ0n) is 10.2. The van der Waals surface area contributed by atoms with E-state index in [1.165, 1.54) is 36.0 Å². The lowest BCUT2D eigenvalue weighted by Gasteiger charge is -2.15. The topological polar surface area (TPSA) is 21.3 Å². The van der Waals surface area contributed by atoms with Gasteiger partial charge in [0.15, 0.2) is 0 Å². The summed E-state index contributed by atoms with van der Waals surface area (Å²) < 4.78 is 5.87. The van der Waals surface area contributed by atoms with Crippen molar-refractivity contribution < 1.29 is 4.74 Å². The molecule has 1 aromatic carbocycles. The quantitative estimate of drug-likeness (QED) is 0.804. The van der Waals surface area contributed by atoms with Crippen LogP contribution in [0.15, 0.2) is 29.8 Å². The van der Waals surface area contributed by atoms with Crippen molar-refractivity contribution in [3.05, 3.63) is 41.0 Å². The van der Waals surface area contributed by atoms with E-state index < -0.39 is 0 Å². The Labute approximate surface area is 103 Å². The summed E-state index contributed by atoms with van der Waals surface area (Å²) in [7, 11) is 0. The van der Waals surface area contributed by atoms with Crippen LogP contribution in [-0.2, 0) is 12.8 Å². The molecule has 0 saturated heterocycles. The predicted molar refractivity (Wildman–Crippen MR) is 69.5 cm³/mol. The minimum absolute atomic E-state index is 0.750. The van der Waals surface area contributed by atoms with Crippen LogP contribution in [0.25, 0.3) is 0 Å². The van der Waals surface area contributed by atoms with E-state index in [1.54, 1.807) is 0 Å². The second kappa shape index (κ2) is 4.92. The summed E-state index contributed by atoms with van der Waals surface area (Å²) in [4.78, 5) is 0. The van der Waals surface area contributed by atoms with E-state index in [0.29, 0.717) is 0 Å². The van der Waals surface area contributed by atoms with Crippen LogP contribution >= 0.6 is 0 Å². The van der Waals surface area contributed by atoms with Gasteiger partial charge in [-0.1, -0.05) is 12.1 Å². The van der Waals surface area contributed by atoms with Gasteiger partial charge in [-0.3, -0.25) is 0 Å². The molecule has 2 nitrogen and oxygen atoms in total. The second-order valence-electron chi connectivity index (χ2n) is 4.89. The number of ether oxygens (including phenoxy) is 1. The molecule has 0 aromatic heterocycles. The molecule has 0 unspecified atom stereocenters. The number of hydrogen-bond acceptors (Lipinski definition) is 2. The summed E-state index contributed by atoms with van der Waals surface area (Å²) in [5.41, 5.74) is 4.42. The highest BCUT2D eigenvalue weighted by Crippen LogP contribution is 2.26. The molecule has 0 amide bonds. The number of nitrogens with one attached hydrogen (secondary N) is 1. The highest BCUT2D eigenvalue weighted by Gasteiger charge is 2.11. The van der Waals surface area contributed by atoms with Crippen LogP contribution < -0.4 is 10.1 Å². The van der Waals surface area contributed by atoms with Crippen molar-refractivity contribution in [3.63, 3.8) is 0 Å². The average molecular weight is 229 g/mol. The van der Waals surface area contributed by atoms with E-state index in [9.17, 15) is 0 Å². The van der Waals surface area contributed by atoms with Crippen molar-refractivity contribution in [3.8, 4) is 5.75 Å². The number of hydrogen-bond donors (Lipinski definition) is 1. The fourth-order valence-corrected chi connectivity index (χ4v) is 2.61. The lowest BCUT2D eigenvalue weighted by molar-refractivity contribution is 0.344. The highest BCUT2D eigenvalue weighted by molar-refractivity contribution is 5.38. The van der Waals surface area contributed by atoms with Gasteiger partial charge in [-0.05, 0) is 61.1 Å². The first-order valence-electron chi connectivity index (χ1n) is 6.55. The lowest BCUT2D eigenvalue weighted by Crippen LogP contribution is -2.22. The predicted octanol–water partition coefficient (Wildman–Crippen LogP) is 2.47. The molecule has 1 aromatic rings. The van der Waals surface area contributed by atoms with Crippen molar-refractivity contribution in [2.45, 2.75) is 25.7 Å². The van der Waals surface area contributed by atoms with E-state index >= 15 is 0 Å².